The zero-order chi connectivity index (χ0) is 8.97. The third-order valence-corrected chi connectivity index (χ3v) is 2.62. The van der Waals surface area contributed by atoms with E-state index in [2.05, 4.69) is 16.8 Å². The van der Waals surface area contributed by atoms with Crippen molar-refractivity contribution in [3.8, 4) is 0 Å². The van der Waals surface area contributed by atoms with E-state index in [1.54, 1.807) is 7.05 Å². The third kappa shape index (κ3) is 1.90. The molecular formula is C9H19N3. The maximum atomic E-state index is 5.79. The fourth-order valence-corrected chi connectivity index (χ4v) is 1.86. The molecule has 0 amide bonds. The molecule has 0 aromatic rings. The largest absolute Gasteiger partial charge is 0.370 e. The molecule has 1 atom stereocenters. The molecule has 2 N–H and O–H groups in total. The maximum Gasteiger partial charge on any atom is 0.191 e. The number of hydrogen-bond donors (Lipinski definition) is 1. The quantitative estimate of drug-likeness (QED) is 0.473. The molecule has 70 valence electrons. The smallest absolute Gasteiger partial charge is 0.191 e. The normalized spacial score (nSPS) is 26.0. The predicted octanol–water partition coefficient (Wildman–Crippen LogP) is 1.20. The van der Waals surface area contributed by atoms with Crippen LogP contribution in [-0.4, -0.2) is 30.5 Å². The monoisotopic (exact) mass is 169 g/mol. The molecule has 1 unspecified atom stereocenters. The van der Waals surface area contributed by atoms with E-state index in [4.69, 9.17) is 5.73 Å². The Bertz CT molecular complexity index is 165. The maximum absolute atomic E-state index is 5.79. The van der Waals surface area contributed by atoms with Crippen molar-refractivity contribution in [1.29, 1.82) is 0 Å². The highest BCUT2D eigenvalue weighted by atomic mass is 15.3. The van der Waals surface area contributed by atoms with Gasteiger partial charge in [-0.25, -0.2) is 0 Å². The van der Waals surface area contributed by atoms with Crippen molar-refractivity contribution in [1.82, 2.24) is 4.90 Å². The van der Waals surface area contributed by atoms with Crippen molar-refractivity contribution >= 4 is 5.96 Å². The van der Waals surface area contributed by atoms with Gasteiger partial charge in [0.2, 0.25) is 0 Å². The molecule has 0 saturated carbocycles. The molecule has 0 spiro atoms. The molecule has 0 aromatic carbocycles. The summed E-state index contributed by atoms with van der Waals surface area (Å²) in [5, 5.41) is 0. The van der Waals surface area contributed by atoms with E-state index in [1.807, 2.05) is 0 Å². The van der Waals surface area contributed by atoms with Gasteiger partial charge in [0.15, 0.2) is 5.96 Å². The molecule has 12 heavy (non-hydrogen) atoms. The number of hydrogen-bond acceptors (Lipinski definition) is 1. The Morgan fingerprint density at radius 1 is 1.58 bits per heavy atom. The summed E-state index contributed by atoms with van der Waals surface area (Å²) in [6, 6.07) is 0.627. The van der Waals surface area contributed by atoms with Crippen LogP contribution in [0.15, 0.2) is 4.99 Å². The van der Waals surface area contributed by atoms with E-state index in [0.717, 1.165) is 6.54 Å². The summed E-state index contributed by atoms with van der Waals surface area (Å²) in [7, 11) is 1.76. The molecule has 3 heteroatoms. The van der Waals surface area contributed by atoms with Gasteiger partial charge in [0.1, 0.15) is 0 Å². The fourth-order valence-electron chi connectivity index (χ4n) is 1.86. The lowest BCUT2D eigenvalue weighted by Crippen LogP contribution is -2.47. The number of rotatable bonds is 1. The predicted molar refractivity (Wildman–Crippen MR) is 52.2 cm³/mol. The molecule has 1 heterocycles. The van der Waals surface area contributed by atoms with E-state index >= 15 is 0 Å². The number of aliphatic imine (C=N–C) groups is 1. The molecular weight excluding hydrogens is 150 g/mol. The van der Waals surface area contributed by atoms with Gasteiger partial charge in [-0.15, -0.1) is 0 Å². The summed E-state index contributed by atoms with van der Waals surface area (Å²) >= 11 is 0. The van der Waals surface area contributed by atoms with Gasteiger partial charge in [-0.2, -0.15) is 0 Å². The van der Waals surface area contributed by atoms with Crippen LogP contribution in [0.4, 0.5) is 0 Å². The second kappa shape index (κ2) is 4.33. The van der Waals surface area contributed by atoms with E-state index in [9.17, 15) is 0 Å². The number of piperidine rings is 1. The first-order chi connectivity index (χ1) is 5.79. The van der Waals surface area contributed by atoms with Crippen molar-refractivity contribution in [2.24, 2.45) is 10.7 Å². The number of guanidine groups is 1. The SMILES string of the molecule is CCC1CCCCN1C(N)=NC. The van der Waals surface area contributed by atoms with Crippen molar-refractivity contribution in [3.63, 3.8) is 0 Å². The third-order valence-electron chi connectivity index (χ3n) is 2.62. The van der Waals surface area contributed by atoms with E-state index < -0.39 is 0 Å². The zero-order valence-corrected chi connectivity index (χ0v) is 8.08. The van der Waals surface area contributed by atoms with Crippen LogP contribution in [0, 0.1) is 0 Å². The standard InChI is InChI=1S/C9H19N3/c1-3-8-6-4-5-7-12(8)9(10)11-2/h8H,3-7H2,1-2H3,(H2,10,11). The molecule has 0 aliphatic carbocycles. The first kappa shape index (κ1) is 9.36. The van der Waals surface area contributed by atoms with Crippen LogP contribution >= 0.6 is 0 Å². The van der Waals surface area contributed by atoms with Crippen LogP contribution in [0.1, 0.15) is 32.6 Å². The number of nitrogens with two attached hydrogens (primary N) is 1. The van der Waals surface area contributed by atoms with Crippen molar-refractivity contribution in [3.05, 3.63) is 0 Å². The number of nitrogens with zero attached hydrogens (tertiary/aromatic N) is 2. The molecule has 1 fully saturated rings. The van der Waals surface area contributed by atoms with Gasteiger partial charge in [0.05, 0.1) is 0 Å². The van der Waals surface area contributed by atoms with Gasteiger partial charge in [0, 0.05) is 19.6 Å². The Balaban J connectivity index is 2.58. The first-order valence-corrected chi connectivity index (χ1v) is 4.78. The molecule has 1 saturated heterocycles. The molecule has 1 rings (SSSR count). The van der Waals surface area contributed by atoms with Crippen molar-refractivity contribution < 1.29 is 0 Å². The Labute approximate surface area is 74.6 Å². The van der Waals surface area contributed by atoms with Gasteiger partial charge in [0.25, 0.3) is 0 Å². The lowest BCUT2D eigenvalue weighted by Gasteiger charge is -2.35. The summed E-state index contributed by atoms with van der Waals surface area (Å²) in [6.07, 6.45) is 5.04. The Morgan fingerprint density at radius 2 is 2.33 bits per heavy atom. The first-order valence-electron chi connectivity index (χ1n) is 4.78. The van der Waals surface area contributed by atoms with Gasteiger partial charge < -0.3 is 10.6 Å². The molecule has 0 radical (unpaired) electrons. The van der Waals surface area contributed by atoms with Crippen molar-refractivity contribution in [2.45, 2.75) is 38.6 Å². The Hall–Kier alpha value is -0.730. The average molecular weight is 169 g/mol. The number of likely N-dealkylation sites (tertiary alicyclic amines) is 1. The Kier molecular flexibility index (Phi) is 3.38. The van der Waals surface area contributed by atoms with Gasteiger partial charge in [-0.05, 0) is 25.7 Å². The fraction of sp³-hybridized carbons (Fsp3) is 0.889. The molecule has 1 aliphatic heterocycles. The highest BCUT2D eigenvalue weighted by molar-refractivity contribution is 5.78. The molecule has 1 aliphatic rings. The van der Waals surface area contributed by atoms with Crippen LogP contribution in [0.3, 0.4) is 0 Å². The highest BCUT2D eigenvalue weighted by Gasteiger charge is 2.21. The summed E-state index contributed by atoms with van der Waals surface area (Å²) < 4.78 is 0. The minimum atomic E-state index is 0.627. The van der Waals surface area contributed by atoms with Crippen LogP contribution in [-0.2, 0) is 0 Å². The lowest BCUT2D eigenvalue weighted by molar-refractivity contribution is 0.233. The Morgan fingerprint density at radius 3 is 2.92 bits per heavy atom. The van der Waals surface area contributed by atoms with E-state index in [0.29, 0.717) is 12.0 Å². The lowest BCUT2D eigenvalue weighted by atomic mass is 10.0. The minimum absolute atomic E-state index is 0.627. The summed E-state index contributed by atoms with van der Waals surface area (Å²) in [5.74, 6) is 0.710. The molecule has 0 aromatic heterocycles. The van der Waals surface area contributed by atoms with Crippen LogP contribution in [0.2, 0.25) is 0 Å². The molecule has 3 nitrogen and oxygen atoms in total. The van der Waals surface area contributed by atoms with Crippen LogP contribution < -0.4 is 5.73 Å². The van der Waals surface area contributed by atoms with Crippen LogP contribution in [0.5, 0.6) is 0 Å². The van der Waals surface area contributed by atoms with Crippen molar-refractivity contribution in [2.75, 3.05) is 13.6 Å². The minimum Gasteiger partial charge on any atom is -0.370 e. The summed E-state index contributed by atoms with van der Waals surface area (Å²) in [6.45, 7) is 3.30. The topological polar surface area (TPSA) is 41.6 Å². The van der Waals surface area contributed by atoms with Gasteiger partial charge in [-0.1, -0.05) is 6.92 Å². The van der Waals surface area contributed by atoms with E-state index in [1.165, 1.54) is 25.7 Å². The molecule has 0 bridgehead atoms. The van der Waals surface area contributed by atoms with Crippen LogP contribution in [0.25, 0.3) is 0 Å². The average Bonchev–Trinajstić information content (AvgIpc) is 2.16. The second-order valence-corrected chi connectivity index (χ2v) is 3.33. The van der Waals surface area contributed by atoms with Gasteiger partial charge in [-0.3, -0.25) is 4.99 Å². The van der Waals surface area contributed by atoms with Gasteiger partial charge >= 0.3 is 0 Å². The summed E-state index contributed by atoms with van der Waals surface area (Å²) in [4.78, 5) is 6.27. The zero-order valence-electron chi connectivity index (χ0n) is 8.08. The summed E-state index contributed by atoms with van der Waals surface area (Å²) in [5.41, 5.74) is 5.79. The van der Waals surface area contributed by atoms with E-state index in [-0.39, 0.29) is 0 Å². The highest BCUT2D eigenvalue weighted by Crippen LogP contribution is 2.18. The second-order valence-electron chi connectivity index (χ2n) is 3.33.